The van der Waals surface area contributed by atoms with Gasteiger partial charge in [-0.2, -0.15) is 0 Å². The molecular weight excluding hydrogens is 340 g/mol. The van der Waals surface area contributed by atoms with E-state index in [9.17, 15) is 9.90 Å². The molecule has 2 aromatic rings. The SMILES string of the molecule is Cc1cc(O)c(CN2CCCC[C@@H]2C)c2c1C(=O)C(=Cc1cccnc1)O2. The lowest BCUT2D eigenvalue weighted by Gasteiger charge is -2.33. The Hall–Kier alpha value is -2.66. The van der Waals surface area contributed by atoms with Crippen molar-refractivity contribution in [2.24, 2.45) is 0 Å². The minimum atomic E-state index is -0.140. The number of hydrogen-bond acceptors (Lipinski definition) is 5. The van der Waals surface area contributed by atoms with Crippen molar-refractivity contribution in [3.05, 3.63) is 58.6 Å². The number of nitrogens with zero attached hydrogens (tertiary/aromatic N) is 2. The highest BCUT2D eigenvalue weighted by atomic mass is 16.5. The molecule has 140 valence electrons. The highest BCUT2D eigenvalue weighted by Gasteiger charge is 2.34. The summed E-state index contributed by atoms with van der Waals surface area (Å²) in [4.78, 5) is 19.4. The van der Waals surface area contributed by atoms with Crippen molar-refractivity contribution >= 4 is 11.9 Å². The minimum Gasteiger partial charge on any atom is -0.507 e. The Morgan fingerprint density at radius 3 is 3.00 bits per heavy atom. The molecule has 4 rings (SSSR count). The summed E-state index contributed by atoms with van der Waals surface area (Å²) in [5, 5.41) is 10.6. The number of Topliss-reactive ketones (excluding diaryl/α,β-unsaturated/α-hetero) is 1. The third-order valence-corrected chi connectivity index (χ3v) is 5.50. The summed E-state index contributed by atoms with van der Waals surface area (Å²) in [6, 6.07) is 5.83. The van der Waals surface area contributed by atoms with Crippen LogP contribution in [0, 0.1) is 6.92 Å². The lowest BCUT2D eigenvalue weighted by molar-refractivity contribution is 0.101. The monoisotopic (exact) mass is 364 g/mol. The van der Waals surface area contributed by atoms with Crippen molar-refractivity contribution in [1.29, 1.82) is 0 Å². The van der Waals surface area contributed by atoms with Crippen molar-refractivity contribution in [3.8, 4) is 11.5 Å². The van der Waals surface area contributed by atoms with Gasteiger partial charge in [-0.3, -0.25) is 14.7 Å². The second-order valence-corrected chi connectivity index (χ2v) is 7.44. The van der Waals surface area contributed by atoms with Crippen LogP contribution in [-0.4, -0.2) is 33.4 Å². The highest BCUT2D eigenvalue weighted by Crippen LogP contribution is 2.42. The molecule has 0 radical (unpaired) electrons. The van der Waals surface area contributed by atoms with E-state index in [0.717, 1.165) is 30.5 Å². The number of likely N-dealkylation sites (tertiary alicyclic amines) is 1. The second-order valence-electron chi connectivity index (χ2n) is 7.44. The minimum absolute atomic E-state index is 0.140. The van der Waals surface area contributed by atoms with Crippen molar-refractivity contribution in [3.63, 3.8) is 0 Å². The molecule has 0 saturated carbocycles. The van der Waals surface area contributed by atoms with E-state index in [1.54, 1.807) is 24.5 Å². The number of ether oxygens (including phenoxy) is 1. The Morgan fingerprint density at radius 2 is 2.26 bits per heavy atom. The van der Waals surface area contributed by atoms with Gasteiger partial charge in [-0.05, 0) is 62.6 Å². The smallest absolute Gasteiger partial charge is 0.232 e. The molecule has 0 aliphatic carbocycles. The van der Waals surface area contributed by atoms with Crippen LogP contribution in [0.5, 0.6) is 11.5 Å². The van der Waals surface area contributed by atoms with E-state index in [1.165, 1.54) is 6.42 Å². The zero-order chi connectivity index (χ0) is 19.0. The summed E-state index contributed by atoms with van der Waals surface area (Å²) >= 11 is 0. The number of piperidine rings is 1. The van der Waals surface area contributed by atoms with Crippen molar-refractivity contribution in [1.82, 2.24) is 9.88 Å². The Morgan fingerprint density at radius 1 is 1.41 bits per heavy atom. The Bertz CT molecular complexity index is 906. The zero-order valence-electron chi connectivity index (χ0n) is 15.7. The van der Waals surface area contributed by atoms with Crippen molar-refractivity contribution in [2.45, 2.75) is 45.7 Å². The van der Waals surface area contributed by atoms with Crippen LogP contribution in [0.4, 0.5) is 0 Å². The molecule has 5 heteroatoms. The first kappa shape index (κ1) is 17.7. The van der Waals surface area contributed by atoms with E-state index in [0.29, 0.717) is 29.5 Å². The maximum Gasteiger partial charge on any atom is 0.232 e. The zero-order valence-corrected chi connectivity index (χ0v) is 15.7. The van der Waals surface area contributed by atoms with Crippen LogP contribution < -0.4 is 4.74 Å². The van der Waals surface area contributed by atoms with Crippen LogP contribution in [0.15, 0.2) is 36.4 Å². The quantitative estimate of drug-likeness (QED) is 0.831. The molecule has 0 spiro atoms. The standard InChI is InChI=1S/C22H24N2O3/c1-14-10-18(25)17(13-24-9-4-3-6-15(24)2)22-20(14)21(26)19(27-22)11-16-7-5-8-23-12-16/h5,7-8,10-12,15,25H,3-4,6,9,13H2,1-2H3/t15-/m0/s1. The van der Waals surface area contributed by atoms with Gasteiger partial charge in [0.25, 0.3) is 0 Å². The van der Waals surface area contributed by atoms with E-state index in [2.05, 4.69) is 16.8 Å². The third-order valence-electron chi connectivity index (χ3n) is 5.50. The normalized spacial score (nSPS) is 21.3. The number of carbonyl (C=O) groups excluding carboxylic acids is 1. The summed E-state index contributed by atoms with van der Waals surface area (Å²) in [5.41, 5.74) is 2.80. The van der Waals surface area contributed by atoms with Gasteiger partial charge in [0.15, 0.2) is 5.76 Å². The summed E-state index contributed by atoms with van der Waals surface area (Å²) < 4.78 is 5.99. The van der Waals surface area contributed by atoms with Crippen LogP contribution in [0.2, 0.25) is 0 Å². The van der Waals surface area contributed by atoms with Gasteiger partial charge < -0.3 is 9.84 Å². The van der Waals surface area contributed by atoms with E-state index < -0.39 is 0 Å². The van der Waals surface area contributed by atoms with Gasteiger partial charge in [0.2, 0.25) is 5.78 Å². The maximum absolute atomic E-state index is 12.9. The van der Waals surface area contributed by atoms with Crippen LogP contribution in [0.1, 0.15) is 53.2 Å². The van der Waals surface area contributed by atoms with Gasteiger partial charge in [0.05, 0.1) is 11.1 Å². The number of aryl methyl sites for hydroxylation is 1. The number of benzene rings is 1. The molecule has 2 aliphatic rings. The van der Waals surface area contributed by atoms with E-state index >= 15 is 0 Å². The lowest BCUT2D eigenvalue weighted by atomic mass is 9.97. The molecule has 0 unspecified atom stereocenters. The molecule has 1 N–H and O–H groups in total. The number of hydrogen-bond donors (Lipinski definition) is 1. The molecule has 1 fully saturated rings. The number of allylic oxidation sites excluding steroid dienone is 1. The summed E-state index contributed by atoms with van der Waals surface area (Å²) in [6.45, 7) is 5.63. The molecule has 1 aromatic carbocycles. The Balaban J connectivity index is 1.71. The first-order valence-corrected chi connectivity index (χ1v) is 9.48. The molecular formula is C22H24N2O3. The number of aromatic hydroxyl groups is 1. The summed E-state index contributed by atoms with van der Waals surface area (Å²) in [5.74, 6) is 0.837. The fourth-order valence-corrected chi connectivity index (χ4v) is 3.94. The van der Waals surface area contributed by atoms with Crippen LogP contribution >= 0.6 is 0 Å². The van der Waals surface area contributed by atoms with Crippen molar-refractivity contribution < 1.29 is 14.6 Å². The molecule has 27 heavy (non-hydrogen) atoms. The van der Waals surface area contributed by atoms with Crippen LogP contribution in [0.3, 0.4) is 0 Å². The van der Waals surface area contributed by atoms with Gasteiger partial charge in [-0.15, -0.1) is 0 Å². The average molecular weight is 364 g/mol. The number of carbonyl (C=O) groups is 1. The first-order valence-electron chi connectivity index (χ1n) is 9.48. The van der Waals surface area contributed by atoms with E-state index in [4.69, 9.17) is 4.74 Å². The molecule has 5 nitrogen and oxygen atoms in total. The van der Waals surface area contributed by atoms with Gasteiger partial charge in [-0.25, -0.2) is 0 Å². The lowest BCUT2D eigenvalue weighted by Crippen LogP contribution is -2.36. The fourth-order valence-electron chi connectivity index (χ4n) is 3.94. The predicted octanol–water partition coefficient (Wildman–Crippen LogP) is 4.09. The molecule has 0 amide bonds. The molecule has 2 aliphatic heterocycles. The number of ketones is 1. The van der Waals surface area contributed by atoms with Crippen molar-refractivity contribution in [2.75, 3.05) is 6.54 Å². The Kier molecular flexibility index (Phi) is 4.70. The number of rotatable bonds is 3. The third kappa shape index (κ3) is 3.35. The maximum atomic E-state index is 12.9. The Labute approximate surface area is 159 Å². The largest absolute Gasteiger partial charge is 0.507 e. The number of phenols is 1. The van der Waals surface area contributed by atoms with Crippen LogP contribution in [-0.2, 0) is 6.54 Å². The molecule has 1 atom stereocenters. The second kappa shape index (κ2) is 7.16. The molecule has 0 bridgehead atoms. The molecule has 1 aromatic heterocycles. The van der Waals surface area contributed by atoms with Gasteiger partial charge in [0.1, 0.15) is 11.5 Å². The first-order chi connectivity index (χ1) is 13.0. The van der Waals surface area contributed by atoms with Gasteiger partial charge >= 0.3 is 0 Å². The number of fused-ring (bicyclic) bond motifs is 1. The molecule has 1 saturated heterocycles. The predicted molar refractivity (Wildman–Crippen MR) is 104 cm³/mol. The van der Waals surface area contributed by atoms with Gasteiger partial charge in [0, 0.05) is 25.0 Å². The van der Waals surface area contributed by atoms with Gasteiger partial charge in [-0.1, -0.05) is 12.5 Å². The summed E-state index contributed by atoms with van der Waals surface area (Å²) in [6.07, 6.45) is 8.63. The summed E-state index contributed by atoms with van der Waals surface area (Å²) in [7, 11) is 0. The van der Waals surface area contributed by atoms with E-state index in [-0.39, 0.29) is 17.3 Å². The average Bonchev–Trinajstić information content (AvgIpc) is 2.97. The topological polar surface area (TPSA) is 62.7 Å². The fraction of sp³-hybridized carbons (Fsp3) is 0.364. The van der Waals surface area contributed by atoms with E-state index in [1.807, 2.05) is 19.1 Å². The number of aromatic nitrogens is 1. The molecule has 3 heterocycles. The number of phenolic OH excluding ortho intramolecular Hbond substituents is 1. The van der Waals surface area contributed by atoms with Crippen LogP contribution in [0.25, 0.3) is 6.08 Å². The highest BCUT2D eigenvalue weighted by molar-refractivity contribution is 6.15. The number of pyridine rings is 1.